The number of rotatable bonds is 7. The Labute approximate surface area is 127 Å². The molecular weight excluding hydrogens is 277 g/mol. The molecule has 0 saturated heterocycles. The average Bonchev–Trinajstić information content (AvgIpc) is 2.37. The van der Waals surface area contributed by atoms with Crippen LogP contribution in [-0.4, -0.2) is 12.6 Å². The molecule has 1 aromatic carbocycles. The maximum absolute atomic E-state index is 6.31. The molecule has 0 spiro atoms. The van der Waals surface area contributed by atoms with Gasteiger partial charge in [0.1, 0.15) is 0 Å². The number of halogens is 2. The molecule has 0 saturated carbocycles. The van der Waals surface area contributed by atoms with Gasteiger partial charge in [0.2, 0.25) is 0 Å². The van der Waals surface area contributed by atoms with Crippen LogP contribution >= 0.6 is 23.2 Å². The first kappa shape index (κ1) is 16.8. The Morgan fingerprint density at radius 3 is 2.26 bits per heavy atom. The van der Waals surface area contributed by atoms with Gasteiger partial charge in [-0.25, -0.2) is 0 Å². The predicted molar refractivity (Wildman–Crippen MR) is 86.3 cm³/mol. The van der Waals surface area contributed by atoms with E-state index in [0.29, 0.717) is 11.1 Å². The van der Waals surface area contributed by atoms with Gasteiger partial charge in [0.25, 0.3) is 0 Å². The van der Waals surface area contributed by atoms with Crippen molar-refractivity contribution in [3.05, 3.63) is 33.8 Å². The molecule has 1 N–H and O–H groups in total. The average molecular weight is 302 g/mol. The summed E-state index contributed by atoms with van der Waals surface area (Å²) in [5, 5.41) is 5.05. The highest BCUT2D eigenvalue weighted by Gasteiger charge is 2.27. The molecule has 0 unspecified atom stereocenters. The van der Waals surface area contributed by atoms with Crippen LogP contribution < -0.4 is 5.32 Å². The lowest BCUT2D eigenvalue weighted by Gasteiger charge is -2.33. The van der Waals surface area contributed by atoms with Crippen LogP contribution in [0.4, 0.5) is 0 Å². The van der Waals surface area contributed by atoms with Crippen molar-refractivity contribution in [1.29, 1.82) is 0 Å². The predicted octanol–water partition coefficient (Wildman–Crippen LogP) is 5.34. The topological polar surface area (TPSA) is 12.0 Å². The summed E-state index contributed by atoms with van der Waals surface area (Å²) in [6.45, 7) is 9.91. The molecule has 19 heavy (non-hydrogen) atoms. The minimum Gasteiger partial charge on any atom is -0.314 e. The Morgan fingerprint density at radius 2 is 1.79 bits per heavy atom. The highest BCUT2D eigenvalue weighted by Crippen LogP contribution is 2.33. The van der Waals surface area contributed by atoms with Gasteiger partial charge in [-0.15, -0.1) is 0 Å². The van der Waals surface area contributed by atoms with Crippen LogP contribution in [0.15, 0.2) is 18.2 Å². The van der Waals surface area contributed by atoms with Crippen molar-refractivity contribution in [1.82, 2.24) is 5.32 Å². The van der Waals surface area contributed by atoms with Crippen molar-refractivity contribution in [2.24, 2.45) is 5.41 Å². The van der Waals surface area contributed by atoms with Gasteiger partial charge in [0, 0.05) is 22.6 Å². The van der Waals surface area contributed by atoms with Gasteiger partial charge in [-0.3, -0.25) is 0 Å². The minimum absolute atomic E-state index is 0.266. The van der Waals surface area contributed by atoms with Crippen molar-refractivity contribution in [2.45, 2.75) is 53.0 Å². The molecule has 1 rings (SSSR count). The summed E-state index contributed by atoms with van der Waals surface area (Å²) in [4.78, 5) is 0. The smallest absolute Gasteiger partial charge is 0.0453 e. The zero-order valence-corrected chi connectivity index (χ0v) is 13.9. The number of hydrogen-bond acceptors (Lipinski definition) is 1. The normalized spacial score (nSPS) is 12.2. The van der Waals surface area contributed by atoms with E-state index in [4.69, 9.17) is 23.2 Å². The second kappa shape index (κ2) is 7.52. The van der Waals surface area contributed by atoms with Crippen LogP contribution in [0.2, 0.25) is 10.0 Å². The van der Waals surface area contributed by atoms with E-state index in [0.717, 1.165) is 30.8 Å². The molecule has 1 nitrogen and oxygen atoms in total. The lowest BCUT2D eigenvalue weighted by atomic mass is 9.76. The zero-order valence-electron chi connectivity index (χ0n) is 12.4. The number of benzene rings is 1. The lowest BCUT2D eigenvalue weighted by Crippen LogP contribution is -2.38. The maximum Gasteiger partial charge on any atom is 0.0453 e. The highest BCUT2D eigenvalue weighted by atomic mass is 35.5. The molecule has 0 fully saturated rings. The minimum atomic E-state index is 0.266. The van der Waals surface area contributed by atoms with E-state index in [9.17, 15) is 0 Å². The fraction of sp³-hybridized carbons (Fsp3) is 0.625. The monoisotopic (exact) mass is 301 g/mol. The summed E-state index contributed by atoms with van der Waals surface area (Å²) in [5.74, 6) is 0. The molecule has 3 heteroatoms. The van der Waals surface area contributed by atoms with Crippen molar-refractivity contribution >= 4 is 23.2 Å². The zero-order chi connectivity index (χ0) is 14.5. The summed E-state index contributed by atoms with van der Waals surface area (Å²) in [6.07, 6.45) is 3.28. The Morgan fingerprint density at radius 1 is 1.16 bits per heavy atom. The molecule has 0 aromatic heterocycles. The van der Waals surface area contributed by atoms with Gasteiger partial charge in [-0.1, -0.05) is 57.0 Å². The molecule has 0 aliphatic heterocycles. The quantitative estimate of drug-likeness (QED) is 0.717. The van der Waals surface area contributed by atoms with E-state index >= 15 is 0 Å². The standard InChI is InChI=1S/C16H25Cl2N/c1-5-16(6-2,11-19-12(3)4)10-13-7-8-14(17)9-15(13)18/h7-9,12,19H,5-6,10-11H2,1-4H3. The van der Waals surface area contributed by atoms with E-state index in [1.165, 1.54) is 5.56 Å². The van der Waals surface area contributed by atoms with Crippen LogP contribution in [0.1, 0.15) is 46.1 Å². The molecule has 0 bridgehead atoms. The summed E-state index contributed by atoms with van der Waals surface area (Å²) in [7, 11) is 0. The van der Waals surface area contributed by atoms with Gasteiger partial charge in [0.15, 0.2) is 0 Å². The maximum atomic E-state index is 6.31. The van der Waals surface area contributed by atoms with E-state index in [1.54, 1.807) is 0 Å². The molecule has 0 aliphatic rings. The second-order valence-corrected chi connectivity index (χ2v) is 6.50. The summed E-state index contributed by atoms with van der Waals surface area (Å²) in [6, 6.07) is 6.33. The Balaban J connectivity index is 2.87. The van der Waals surface area contributed by atoms with E-state index < -0.39 is 0 Å². The van der Waals surface area contributed by atoms with Crippen molar-refractivity contribution in [3.8, 4) is 0 Å². The van der Waals surface area contributed by atoms with Gasteiger partial charge in [-0.2, -0.15) is 0 Å². The van der Waals surface area contributed by atoms with Crippen LogP contribution in [0, 0.1) is 5.41 Å². The Bertz CT molecular complexity index is 398. The fourth-order valence-corrected chi connectivity index (χ4v) is 2.78. The number of hydrogen-bond donors (Lipinski definition) is 1. The molecular formula is C16H25Cl2N. The number of nitrogens with one attached hydrogen (secondary N) is 1. The Kier molecular flexibility index (Phi) is 6.65. The van der Waals surface area contributed by atoms with E-state index in [1.807, 2.05) is 12.1 Å². The van der Waals surface area contributed by atoms with Crippen LogP contribution in [0.25, 0.3) is 0 Å². The molecule has 0 atom stereocenters. The summed E-state index contributed by atoms with van der Waals surface area (Å²) >= 11 is 12.3. The first-order valence-electron chi connectivity index (χ1n) is 7.09. The van der Waals surface area contributed by atoms with Crippen molar-refractivity contribution in [3.63, 3.8) is 0 Å². The molecule has 0 amide bonds. The lowest BCUT2D eigenvalue weighted by molar-refractivity contribution is 0.239. The first-order valence-corrected chi connectivity index (χ1v) is 7.85. The third-order valence-corrected chi connectivity index (χ3v) is 4.55. The van der Waals surface area contributed by atoms with Gasteiger partial charge >= 0.3 is 0 Å². The molecule has 0 radical (unpaired) electrons. The van der Waals surface area contributed by atoms with E-state index in [-0.39, 0.29) is 5.41 Å². The van der Waals surface area contributed by atoms with Gasteiger partial charge in [0.05, 0.1) is 0 Å². The van der Waals surface area contributed by atoms with Crippen LogP contribution in [0.5, 0.6) is 0 Å². The molecule has 108 valence electrons. The Hall–Kier alpha value is -0.240. The molecule has 1 aromatic rings. The fourth-order valence-electron chi connectivity index (χ4n) is 2.30. The van der Waals surface area contributed by atoms with Crippen LogP contribution in [-0.2, 0) is 6.42 Å². The van der Waals surface area contributed by atoms with Gasteiger partial charge < -0.3 is 5.32 Å². The first-order chi connectivity index (χ1) is 8.92. The third-order valence-electron chi connectivity index (χ3n) is 3.97. The van der Waals surface area contributed by atoms with Crippen LogP contribution in [0.3, 0.4) is 0 Å². The van der Waals surface area contributed by atoms with Gasteiger partial charge in [-0.05, 0) is 42.4 Å². The third kappa shape index (κ3) is 4.98. The van der Waals surface area contributed by atoms with Crippen molar-refractivity contribution in [2.75, 3.05) is 6.54 Å². The molecule has 0 aliphatic carbocycles. The highest BCUT2D eigenvalue weighted by molar-refractivity contribution is 6.35. The summed E-state index contributed by atoms with van der Waals surface area (Å²) in [5.41, 5.74) is 1.46. The summed E-state index contributed by atoms with van der Waals surface area (Å²) < 4.78 is 0. The van der Waals surface area contributed by atoms with Crippen molar-refractivity contribution < 1.29 is 0 Å². The molecule has 0 heterocycles. The SMILES string of the molecule is CCC(CC)(CNC(C)C)Cc1ccc(Cl)cc1Cl. The van der Waals surface area contributed by atoms with E-state index in [2.05, 4.69) is 39.1 Å². The second-order valence-electron chi connectivity index (χ2n) is 5.66. The largest absolute Gasteiger partial charge is 0.314 e.